The van der Waals surface area contributed by atoms with Crippen molar-refractivity contribution >= 4 is 22.1 Å². The molecule has 4 nitrogen and oxygen atoms in total. The van der Waals surface area contributed by atoms with E-state index in [0.717, 1.165) is 15.6 Å². The Labute approximate surface area is 132 Å². The molecule has 1 N–H and O–H groups in total. The Morgan fingerprint density at radius 2 is 1.95 bits per heavy atom. The van der Waals surface area contributed by atoms with E-state index in [9.17, 15) is 0 Å². The first-order valence-corrected chi connectivity index (χ1v) is 7.34. The largest absolute Gasteiger partial charge is 0.490 e. The standard InChI is InChI=1S/C16H16BrNO3/c1-2-20-15-9-13(10-18-19)8-14(17)16(15)21-11-12-6-4-3-5-7-12/h3-10,19H,2,11H2,1H3. The van der Waals surface area contributed by atoms with Crippen molar-refractivity contribution in [2.24, 2.45) is 5.16 Å². The quantitative estimate of drug-likeness (QED) is 0.482. The highest BCUT2D eigenvalue weighted by Crippen LogP contribution is 2.37. The molecule has 0 spiro atoms. The summed E-state index contributed by atoms with van der Waals surface area (Å²) in [4.78, 5) is 0. The number of benzene rings is 2. The van der Waals surface area contributed by atoms with Crippen LogP contribution in [0.25, 0.3) is 0 Å². The van der Waals surface area contributed by atoms with E-state index in [1.165, 1.54) is 6.21 Å². The summed E-state index contributed by atoms with van der Waals surface area (Å²) < 4.78 is 12.2. The van der Waals surface area contributed by atoms with Gasteiger partial charge in [-0.15, -0.1) is 0 Å². The molecule has 21 heavy (non-hydrogen) atoms. The first-order chi connectivity index (χ1) is 10.2. The molecule has 0 fully saturated rings. The number of halogens is 1. The van der Waals surface area contributed by atoms with E-state index in [-0.39, 0.29) is 0 Å². The maximum absolute atomic E-state index is 8.63. The highest BCUT2D eigenvalue weighted by Gasteiger charge is 2.12. The lowest BCUT2D eigenvalue weighted by Crippen LogP contribution is -2.01. The van der Waals surface area contributed by atoms with E-state index in [1.807, 2.05) is 43.3 Å². The van der Waals surface area contributed by atoms with Gasteiger partial charge in [-0.05, 0) is 40.5 Å². The second kappa shape index (κ2) is 7.69. The van der Waals surface area contributed by atoms with Crippen LogP contribution in [0.3, 0.4) is 0 Å². The molecule has 0 radical (unpaired) electrons. The summed E-state index contributed by atoms with van der Waals surface area (Å²) >= 11 is 3.46. The molecule has 2 rings (SSSR count). The summed E-state index contributed by atoms with van der Waals surface area (Å²) in [6, 6.07) is 13.5. The van der Waals surface area contributed by atoms with Gasteiger partial charge in [0, 0.05) is 5.56 Å². The Balaban J connectivity index is 2.24. The normalized spacial score (nSPS) is 10.8. The maximum Gasteiger partial charge on any atom is 0.175 e. The van der Waals surface area contributed by atoms with Crippen LogP contribution in [0.5, 0.6) is 11.5 Å². The van der Waals surface area contributed by atoms with E-state index in [4.69, 9.17) is 14.7 Å². The van der Waals surface area contributed by atoms with Gasteiger partial charge >= 0.3 is 0 Å². The van der Waals surface area contributed by atoms with Crippen LogP contribution in [0.1, 0.15) is 18.1 Å². The van der Waals surface area contributed by atoms with Crippen LogP contribution in [-0.4, -0.2) is 18.0 Å². The van der Waals surface area contributed by atoms with Gasteiger partial charge in [-0.1, -0.05) is 35.5 Å². The number of hydrogen-bond donors (Lipinski definition) is 1. The van der Waals surface area contributed by atoms with E-state index in [1.54, 1.807) is 6.07 Å². The third-order valence-corrected chi connectivity index (χ3v) is 3.35. The van der Waals surface area contributed by atoms with Crippen molar-refractivity contribution < 1.29 is 14.7 Å². The van der Waals surface area contributed by atoms with Crippen molar-refractivity contribution in [3.8, 4) is 11.5 Å². The maximum atomic E-state index is 8.63. The molecular formula is C16H16BrNO3. The van der Waals surface area contributed by atoms with Crippen molar-refractivity contribution in [1.29, 1.82) is 0 Å². The lowest BCUT2D eigenvalue weighted by molar-refractivity contribution is 0.267. The van der Waals surface area contributed by atoms with Crippen molar-refractivity contribution in [1.82, 2.24) is 0 Å². The number of hydrogen-bond acceptors (Lipinski definition) is 4. The molecule has 0 saturated carbocycles. The predicted molar refractivity (Wildman–Crippen MR) is 85.5 cm³/mol. The Morgan fingerprint density at radius 1 is 1.19 bits per heavy atom. The van der Waals surface area contributed by atoms with Crippen LogP contribution in [0.2, 0.25) is 0 Å². The summed E-state index contributed by atoms with van der Waals surface area (Å²) in [5.74, 6) is 1.24. The van der Waals surface area contributed by atoms with Crippen LogP contribution in [0, 0.1) is 0 Å². The summed E-state index contributed by atoms with van der Waals surface area (Å²) in [6.07, 6.45) is 1.34. The third kappa shape index (κ3) is 4.23. The predicted octanol–water partition coefficient (Wildman–Crippen LogP) is 4.23. The van der Waals surface area contributed by atoms with E-state index in [0.29, 0.717) is 24.7 Å². The van der Waals surface area contributed by atoms with E-state index < -0.39 is 0 Å². The summed E-state index contributed by atoms with van der Waals surface area (Å²) in [5, 5.41) is 11.7. The van der Waals surface area contributed by atoms with Crippen molar-refractivity contribution in [2.45, 2.75) is 13.5 Å². The average Bonchev–Trinajstić information content (AvgIpc) is 2.48. The summed E-state index contributed by atoms with van der Waals surface area (Å²) in [7, 11) is 0. The van der Waals surface area contributed by atoms with E-state index in [2.05, 4.69) is 21.1 Å². The van der Waals surface area contributed by atoms with E-state index >= 15 is 0 Å². The minimum Gasteiger partial charge on any atom is -0.490 e. The second-order valence-electron chi connectivity index (χ2n) is 4.28. The summed E-state index contributed by atoms with van der Waals surface area (Å²) in [6.45, 7) is 2.88. The molecule has 2 aromatic carbocycles. The average molecular weight is 350 g/mol. The van der Waals surface area contributed by atoms with Gasteiger partial charge in [0.25, 0.3) is 0 Å². The fourth-order valence-electron chi connectivity index (χ4n) is 1.86. The lowest BCUT2D eigenvalue weighted by Gasteiger charge is -2.14. The highest BCUT2D eigenvalue weighted by molar-refractivity contribution is 9.10. The number of ether oxygens (including phenoxy) is 2. The number of rotatable bonds is 6. The molecule has 0 aliphatic heterocycles. The van der Waals surface area contributed by atoms with Gasteiger partial charge in [-0.3, -0.25) is 0 Å². The van der Waals surface area contributed by atoms with Crippen molar-refractivity contribution in [2.75, 3.05) is 6.61 Å². The van der Waals surface area contributed by atoms with Crippen LogP contribution in [0.4, 0.5) is 0 Å². The molecule has 2 aromatic rings. The molecule has 5 heteroatoms. The van der Waals surface area contributed by atoms with Crippen molar-refractivity contribution in [3.63, 3.8) is 0 Å². The molecule has 0 amide bonds. The Morgan fingerprint density at radius 3 is 2.62 bits per heavy atom. The third-order valence-electron chi connectivity index (χ3n) is 2.76. The van der Waals surface area contributed by atoms with Crippen LogP contribution < -0.4 is 9.47 Å². The van der Waals surface area contributed by atoms with Gasteiger partial charge in [-0.25, -0.2) is 0 Å². The molecule has 0 atom stereocenters. The zero-order valence-corrected chi connectivity index (χ0v) is 13.2. The molecule has 0 saturated heterocycles. The molecule has 110 valence electrons. The SMILES string of the molecule is CCOc1cc(C=NO)cc(Br)c1OCc1ccccc1. The highest BCUT2D eigenvalue weighted by atomic mass is 79.9. The zero-order chi connectivity index (χ0) is 15.1. The van der Waals surface area contributed by atoms with Gasteiger partial charge in [0.05, 0.1) is 17.3 Å². The molecule has 0 heterocycles. The van der Waals surface area contributed by atoms with Gasteiger partial charge < -0.3 is 14.7 Å². The van der Waals surface area contributed by atoms with Crippen LogP contribution in [0.15, 0.2) is 52.1 Å². The van der Waals surface area contributed by atoms with Gasteiger partial charge in [0.1, 0.15) is 6.61 Å². The zero-order valence-electron chi connectivity index (χ0n) is 11.6. The molecule has 0 aliphatic rings. The summed E-state index contributed by atoms with van der Waals surface area (Å²) in [5.41, 5.74) is 1.80. The fourth-order valence-corrected chi connectivity index (χ4v) is 2.44. The fraction of sp³-hybridized carbons (Fsp3) is 0.188. The Hall–Kier alpha value is -2.01. The van der Waals surface area contributed by atoms with Crippen molar-refractivity contribution in [3.05, 3.63) is 58.1 Å². The smallest absolute Gasteiger partial charge is 0.175 e. The molecule has 0 aliphatic carbocycles. The first kappa shape index (κ1) is 15.4. The van der Waals surface area contributed by atoms with Gasteiger partial charge in [0.15, 0.2) is 11.5 Å². The van der Waals surface area contributed by atoms with Crippen LogP contribution >= 0.6 is 15.9 Å². The molecule has 0 unspecified atom stereocenters. The van der Waals surface area contributed by atoms with Crippen LogP contribution in [-0.2, 0) is 6.61 Å². The monoisotopic (exact) mass is 349 g/mol. The molecule has 0 bridgehead atoms. The second-order valence-corrected chi connectivity index (χ2v) is 5.14. The molecule has 0 aromatic heterocycles. The minimum absolute atomic E-state index is 0.451. The topological polar surface area (TPSA) is 51.0 Å². The molecular weight excluding hydrogens is 334 g/mol. The Kier molecular flexibility index (Phi) is 5.63. The lowest BCUT2D eigenvalue weighted by atomic mass is 10.2. The number of nitrogens with zero attached hydrogens (tertiary/aromatic N) is 1. The van der Waals surface area contributed by atoms with Gasteiger partial charge in [-0.2, -0.15) is 0 Å². The first-order valence-electron chi connectivity index (χ1n) is 6.55. The van der Waals surface area contributed by atoms with Gasteiger partial charge in [0.2, 0.25) is 0 Å². The minimum atomic E-state index is 0.451. The Bertz CT molecular complexity index is 614. The number of oxime groups is 1.